The largest absolute Gasteiger partial charge is 0.103 e. The van der Waals surface area contributed by atoms with Crippen molar-refractivity contribution in [3.8, 4) is 0 Å². The molecule has 0 radical (unpaired) electrons. The number of hydrogen-bond donors (Lipinski definition) is 0. The van der Waals surface area contributed by atoms with E-state index >= 15 is 0 Å². The highest BCUT2D eigenvalue weighted by molar-refractivity contribution is 5.22. The minimum absolute atomic E-state index is 1.18. The molecule has 0 aromatic heterocycles. The van der Waals surface area contributed by atoms with Gasteiger partial charge in [-0.15, -0.1) is 6.58 Å². The van der Waals surface area contributed by atoms with E-state index in [0.717, 1.165) is 0 Å². The topological polar surface area (TPSA) is 0 Å². The van der Waals surface area contributed by atoms with Crippen molar-refractivity contribution < 1.29 is 0 Å². The second kappa shape index (κ2) is 10.8. The van der Waals surface area contributed by atoms with E-state index in [1.807, 2.05) is 6.08 Å². The van der Waals surface area contributed by atoms with Crippen molar-refractivity contribution in [2.24, 2.45) is 0 Å². The predicted octanol–water partition coefficient (Wildman–Crippen LogP) is 6.10. The van der Waals surface area contributed by atoms with E-state index in [-0.39, 0.29) is 0 Å². The Labute approximate surface area is 119 Å². The smallest absolute Gasteiger partial charge is 0.0279 e. The maximum atomic E-state index is 3.76. The van der Waals surface area contributed by atoms with Gasteiger partial charge in [-0.05, 0) is 43.2 Å². The first-order valence-corrected chi connectivity index (χ1v) is 8.05. The lowest BCUT2D eigenvalue weighted by molar-refractivity contribution is 0.597. The maximum Gasteiger partial charge on any atom is -0.0279 e. The molecule has 0 fully saturated rings. The van der Waals surface area contributed by atoms with Gasteiger partial charge in [-0.25, -0.2) is 0 Å². The number of unbranched alkanes of at least 4 members (excludes halogenated alkanes) is 6. The number of aryl methyl sites for hydroxylation is 2. The highest BCUT2D eigenvalue weighted by Crippen LogP contribution is 2.12. The number of rotatable bonds is 11. The Morgan fingerprint density at radius 1 is 0.789 bits per heavy atom. The number of hydrogen-bond acceptors (Lipinski definition) is 0. The van der Waals surface area contributed by atoms with E-state index in [1.165, 1.54) is 75.3 Å². The Hall–Kier alpha value is -1.04. The van der Waals surface area contributed by atoms with Crippen molar-refractivity contribution in [1.82, 2.24) is 0 Å². The molecule has 0 nitrogen and oxygen atoms in total. The second-order valence-corrected chi connectivity index (χ2v) is 5.52. The van der Waals surface area contributed by atoms with Gasteiger partial charge in [0.15, 0.2) is 0 Å². The third kappa shape index (κ3) is 7.87. The van der Waals surface area contributed by atoms with Crippen LogP contribution >= 0.6 is 0 Å². The van der Waals surface area contributed by atoms with Gasteiger partial charge in [0, 0.05) is 0 Å². The monoisotopic (exact) mass is 258 g/mol. The average molecular weight is 258 g/mol. The summed E-state index contributed by atoms with van der Waals surface area (Å²) >= 11 is 0. The van der Waals surface area contributed by atoms with Gasteiger partial charge in [-0.3, -0.25) is 0 Å². The Bertz CT molecular complexity index is 320. The summed E-state index contributed by atoms with van der Waals surface area (Å²) in [5, 5.41) is 0. The molecule has 1 aromatic carbocycles. The molecular formula is C19H30. The zero-order valence-corrected chi connectivity index (χ0v) is 12.7. The molecule has 0 aliphatic rings. The highest BCUT2D eigenvalue weighted by atomic mass is 14.0. The summed E-state index contributed by atoms with van der Waals surface area (Å²) in [4.78, 5) is 0. The SMILES string of the molecule is C=CCCCCCCCCc1ccc(CCC)cc1. The van der Waals surface area contributed by atoms with Gasteiger partial charge >= 0.3 is 0 Å². The summed E-state index contributed by atoms with van der Waals surface area (Å²) in [5.74, 6) is 0. The molecular weight excluding hydrogens is 228 g/mol. The van der Waals surface area contributed by atoms with Crippen molar-refractivity contribution in [3.63, 3.8) is 0 Å². The fourth-order valence-electron chi connectivity index (χ4n) is 2.49. The molecule has 0 heterocycles. The first-order chi connectivity index (χ1) is 9.36. The zero-order chi connectivity index (χ0) is 13.8. The minimum Gasteiger partial charge on any atom is -0.103 e. The fraction of sp³-hybridized carbons (Fsp3) is 0.579. The maximum absolute atomic E-state index is 3.76. The molecule has 106 valence electrons. The van der Waals surface area contributed by atoms with E-state index in [1.54, 1.807) is 0 Å². The molecule has 0 unspecified atom stereocenters. The Balaban J connectivity index is 2.04. The van der Waals surface area contributed by atoms with Crippen molar-refractivity contribution in [2.75, 3.05) is 0 Å². The van der Waals surface area contributed by atoms with Crippen LogP contribution in [-0.4, -0.2) is 0 Å². The Kier molecular flexibility index (Phi) is 9.14. The lowest BCUT2D eigenvalue weighted by Crippen LogP contribution is -1.88. The lowest BCUT2D eigenvalue weighted by atomic mass is 10.0. The molecule has 0 amide bonds. The van der Waals surface area contributed by atoms with Crippen LogP contribution < -0.4 is 0 Å². The Morgan fingerprint density at radius 2 is 1.32 bits per heavy atom. The zero-order valence-electron chi connectivity index (χ0n) is 12.7. The van der Waals surface area contributed by atoms with Gasteiger partial charge in [-0.2, -0.15) is 0 Å². The van der Waals surface area contributed by atoms with Gasteiger partial charge in [0.25, 0.3) is 0 Å². The van der Waals surface area contributed by atoms with Crippen LogP contribution in [0.1, 0.15) is 69.4 Å². The summed E-state index contributed by atoms with van der Waals surface area (Å²) in [6.45, 7) is 6.00. The predicted molar refractivity (Wildman–Crippen MR) is 86.7 cm³/mol. The van der Waals surface area contributed by atoms with E-state index in [4.69, 9.17) is 0 Å². The van der Waals surface area contributed by atoms with Crippen molar-refractivity contribution in [2.45, 2.75) is 71.1 Å². The summed E-state index contributed by atoms with van der Waals surface area (Å²) in [6.07, 6.45) is 15.1. The molecule has 0 heteroatoms. The fourth-order valence-corrected chi connectivity index (χ4v) is 2.49. The van der Waals surface area contributed by atoms with Crippen LogP contribution in [0.2, 0.25) is 0 Å². The summed E-state index contributed by atoms with van der Waals surface area (Å²) in [6, 6.07) is 9.23. The van der Waals surface area contributed by atoms with E-state index < -0.39 is 0 Å². The molecule has 0 aliphatic carbocycles. The van der Waals surface area contributed by atoms with Crippen LogP contribution in [0, 0.1) is 0 Å². The van der Waals surface area contributed by atoms with E-state index in [9.17, 15) is 0 Å². The van der Waals surface area contributed by atoms with Crippen LogP contribution in [0.15, 0.2) is 36.9 Å². The average Bonchev–Trinajstić information content (AvgIpc) is 2.44. The van der Waals surface area contributed by atoms with Crippen LogP contribution in [0.4, 0.5) is 0 Å². The van der Waals surface area contributed by atoms with Crippen LogP contribution in [0.3, 0.4) is 0 Å². The molecule has 1 rings (SSSR count). The van der Waals surface area contributed by atoms with Crippen LogP contribution in [0.25, 0.3) is 0 Å². The molecule has 0 atom stereocenters. The Morgan fingerprint density at radius 3 is 1.89 bits per heavy atom. The molecule has 1 aromatic rings. The van der Waals surface area contributed by atoms with Crippen LogP contribution in [-0.2, 0) is 12.8 Å². The van der Waals surface area contributed by atoms with E-state index in [0.29, 0.717) is 0 Å². The summed E-state index contributed by atoms with van der Waals surface area (Å²) < 4.78 is 0. The summed E-state index contributed by atoms with van der Waals surface area (Å²) in [7, 11) is 0. The standard InChI is InChI=1S/C19H30/c1-3-5-6-7-8-9-10-11-13-19-16-14-18(12-4-2)15-17-19/h3,14-17H,1,4-13H2,2H3. The number of benzene rings is 1. The van der Waals surface area contributed by atoms with Gasteiger partial charge in [0.05, 0.1) is 0 Å². The first-order valence-electron chi connectivity index (χ1n) is 8.05. The van der Waals surface area contributed by atoms with Gasteiger partial charge < -0.3 is 0 Å². The highest BCUT2D eigenvalue weighted by Gasteiger charge is 1.96. The molecule has 0 aliphatic heterocycles. The van der Waals surface area contributed by atoms with Crippen molar-refractivity contribution in [3.05, 3.63) is 48.0 Å². The number of allylic oxidation sites excluding steroid dienone is 1. The molecule has 0 spiro atoms. The molecule has 0 saturated carbocycles. The lowest BCUT2D eigenvalue weighted by Gasteiger charge is -2.04. The van der Waals surface area contributed by atoms with Crippen molar-refractivity contribution >= 4 is 0 Å². The van der Waals surface area contributed by atoms with Crippen LogP contribution in [0.5, 0.6) is 0 Å². The third-order valence-corrected chi connectivity index (χ3v) is 3.69. The molecule has 0 N–H and O–H groups in total. The molecule has 0 saturated heterocycles. The normalized spacial score (nSPS) is 10.6. The third-order valence-electron chi connectivity index (χ3n) is 3.69. The molecule has 19 heavy (non-hydrogen) atoms. The van der Waals surface area contributed by atoms with Gasteiger partial charge in [0.2, 0.25) is 0 Å². The van der Waals surface area contributed by atoms with E-state index in [2.05, 4.69) is 37.8 Å². The summed E-state index contributed by atoms with van der Waals surface area (Å²) in [5.41, 5.74) is 2.99. The van der Waals surface area contributed by atoms with Gasteiger partial charge in [-0.1, -0.05) is 69.4 Å². The van der Waals surface area contributed by atoms with Gasteiger partial charge in [0.1, 0.15) is 0 Å². The van der Waals surface area contributed by atoms with Crippen molar-refractivity contribution in [1.29, 1.82) is 0 Å². The minimum atomic E-state index is 1.18. The second-order valence-electron chi connectivity index (χ2n) is 5.52. The quantitative estimate of drug-likeness (QED) is 0.332. The first kappa shape index (κ1) is 16.0. The molecule has 0 bridgehead atoms.